The maximum Gasteiger partial charge on any atom is 0.232 e. The molecule has 5 heteroatoms. The van der Waals surface area contributed by atoms with Crippen molar-refractivity contribution in [3.63, 3.8) is 0 Å². The molecule has 0 radical (unpaired) electrons. The molecule has 1 aliphatic heterocycles. The molecule has 1 aliphatic rings. The van der Waals surface area contributed by atoms with E-state index < -0.39 is 10.0 Å². The topological polar surface area (TPSA) is 46.6 Å². The molecule has 1 aromatic carbocycles. The van der Waals surface area contributed by atoms with Crippen LogP contribution in [0.25, 0.3) is 0 Å². The molecular formula is C14H21NO3S. The maximum absolute atomic E-state index is 12.0. The number of fused-ring (bicyclic) bond motifs is 1. The monoisotopic (exact) mass is 283 g/mol. The van der Waals surface area contributed by atoms with Gasteiger partial charge in [0.2, 0.25) is 10.0 Å². The summed E-state index contributed by atoms with van der Waals surface area (Å²) in [5, 5.41) is 0. The van der Waals surface area contributed by atoms with E-state index in [1.54, 1.807) is 7.11 Å². The Morgan fingerprint density at radius 2 is 1.89 bits per heavy atom. The maximum atomic E-state index is 12.0. The number of hydrogen-bond donors (Lipinski definition) is 0. The van der Waals surface area contributed by atoms with Gasteiger partial charge in [-0.05, 0) is 23.5 Å². The highest BCUT2D eigenvalue weighted by Crippen LogP contribution is 2.43. The Kier molecular flexibility index (Phi) is 3.29. The zero-order valence-electron chi connectivity index (χ0n) is 12.1. The minimum atomic E-state index is -3.25. The molecule has 2 rings (SSSR count). The highest BCUT2D eigenvalue weighted by molar-refractivity contribution is 7.92. The normalized spacial score (nSPS) is 15.5. The molecule has 19 heavy (non-hydrogen) atoms. The third-order valence-electron chi connectivity index (χ3n) is 3.48. The molecule has 1 aromatic rings. The van der Waals surface area contributed by atoms with Crippen molar-refractivity contribution in [3.8, 4) is 5.75 Å². The molecule has 0 aliphatic carbocycles. The van der Waals surface area contributed by atoms with Gasteiger partial charge < -0.3 is 4.74 Å². The summed E-state index contributed by atoms with van der Waals surface area (Å²) in [6.45, 7) is 6.77. The lowest BCUT2D eigenvalue weighted by atomic mass is 9.84. The van der Waals surface area contributed by atoms with Gasteiger partial charge in [0.05, 0.1) is 19.1 Å². The average Bonchev–Trinajstić information content (AvgIpc) is 2.69. The number of ether oxygens (including phenoxy) is 1. The molecule has 0 bridgehead atoms. The van der Waals surface area contributed by atoms with Gasteiger partial charge in [0.15, 0.2) is 0 Å². The Hall–Kier alpha value is -1.23. The largest absolute Gasteiger partial charge is 0.496 e. The van der Waals surface area contributed by atoms with Crippen LogP contribution in [0.4, 0.5) is 5.69 Å². The van der Waals surface area contributed by atoms with Gasteiger partial charge in [-0.1, -0.05) is 26.8 Å². The van der Waals surface area contributed by atoms with Gasteiger partial charge in [-0.3, -0.25) is 4.31 Å². The quantitative estimate of drug-likeness (QED) is 0.837. The summed E-state index contributed by atoms with van der Waals surface area (Å²) in [7, 11) is -1.63. The number of anilines is 1. The summed E-state index contributed by atoms with van der Waals surface area (Å²) in [4.78, 5) is 0. The second-order valence-corrected chi connectivity index (χ2v) is 7.88. The van der Waals surface area contributed by atoms with Crippen molar-refractivity contribution in [3.05, 3.63) is 23.3 Å². The van der Waals surface area contributed by atoms with Crippen LogP contribution in [0, 0.1) is 0 Å². The fourth-order valence-electron chi connectivity index (χ4n) is 2.60. The third kappa shape index (κ3) is 2.43. The second-order valence-electron chi connectivity index (χ2n) is 5.98. The van der Waals surface area contributed by atoms with Crippen molar-refractivity contribution in [1.29, 1.82) is 0 Å². The average molecular weight is 283 g/mol. The molecule has 0 aromatic heterocycles. The smallest absolute Gasteiger partial charge is 0.232 e. The second kappa shape index (κ2) is 4.40. The van der Waals surface area contributed by atoms with Crippen LogP contribution >= 0.6 is 0 Å². The molecule has 0 unspecified atom stereocenters. The first-order chi connectivity index (χ1) is 8.66. The molecule has 0 saturated carbocycles. The van der Waals surface area contributed by atoms with E-state index in [0.29, 0.717) is 13.0 Å². The molecule has 4 nitrogen and oxygen atoms in total. The lowest BCUT2D eigenvalue weighted by Gasteiger charge is -2.27. The first-order valence-corrected chi connectivity index (χ1v) is 8.19. The summed E-state index contributed by atoms with van der Waals surface area (Å²) in [5.41, 5.74) is 2.75. The van der Waals surface area contributed by atoms with Crippen LogP contribution in [0.3, 0.4) is 0 Å². The Morgan fingerprint density at radius 1 is 1.26 bits per heavy atom. The van der Waals surface area contributed by atoms with Gasteiger partial charge in [0.1, 0.15) is 5.75 Å². The lowest BCUT2D eigenvalue weighted by molar-refractivity contribution is 0.410. The number of nitrogens with zero attached hydrogens (tertiary/aromatic N) is 1. The van der Waals surface area contributed by atoms with Crippen molar-refractivity contribution in [2.75, 3.05) is 24.2 Å². The van der Waals surface area contributed by atoms with Crippen LogP contribution in [0.2, 0.25) is 0 Å². The predicted molar refractivity (Wildman–Crippen MR) is 77.6 cm³/mol. The number of benzene rings is 1. The number of methoxy groups -OCH3 is 1. The number of hydrogen-bond acceptors (Lipinski definition) is 3. The summed E-state index contributed by atoms with van der Waals surface area (Å²) in [5.74, 6) is 0.772. The molecule has 0 fully saturated rings. The summed E-state index contributed by atoms with van der Waals surface area (Å²) < 4.78 is 30.8. The van der Waals surface area contributed by atoms with Gasteiger partial charge in [-0.25, -0.2) is 8.42 Å². The lowest BCUT2D eigenvalue weighted by Crippen LogP contribution is -2.30. The van der Waals surface area contributed by atoms with E-state index >= 15 is 0 Å². The van der Waals surface area contributed by atoms with Crippen molar-refractivity contribution in [2.24, 2.45) is 0 Å². The fourth-order valence-corrected chi connectivity index (χ4v) is 3.56. The third-order valence-corrected chi connectivity index (χ3v) is 4.65. The first kappa shape index (κ1) is 14.2. The molecule has 0 N–H and O–H groups in total. The molecule has 106 valence electrons. The van der Waals surface area contributed by atoms with E-state index in [1.807, 2.05) is 12.1 Å². The molecular weight excluding hydrogens is 262 g/mol. The van der Waals surface area contributed by atoms with E-state index in [2.05, 4.69) is 20.8 Å². The molecule has 0 amide bonds. The Balaban J connectivity index is 2.73. The number of rotatable bonds is 2. The van der Waals surface area contributed by atoms with E-state index in [1.165, 1.54) is 10.6 Å². The van der Waals surface area contributed by atoms with Gasteiger partial charge in [-0.15, -0.1) is 0 Å². The van der Waals surface area contributed by atoms with Crippen molar-refractivity contribution in [1.82, 2.24) is 0 Å². The SMILES string of the molecule is COc1ccc(C(C)(C)C)c2c1CCN2S(C)(=O)=O. The summed E-state index contributed by atoms with van der Waals surface area (Å²) in [6, 6.07) is 3.91. The Bertz CT molecular complexity index is 600. The van der Waals surface area contributed by atoms with E-state index in [0.717, 1.165) is 22.6 Å². The summed E-state index contributed by atoms with van der Waals surface area (Å²) in [6.07, 6.45) is 1.96. The van der Waals surface area contributed by atoms with E-state index in [9.17, 15) is 8.42 Å². The minimum absolute atomic E-state index is 0.108. The Morgan fingerprint density at radius 3 is 2.37 bits per heavy atom. The van der Waals surface area contributed by atoms with Crippen LogP contribution < -0.4 is 9.04 Å². The highest BCUT2D eigenvalue weighted by Gasteiger charge is 2.34. The van der Waals surface area contributed by atoms with Crippen LogP contribution in [-0.4, -0.2) is 28.3 Å². The first-order valence-electron chi connectivity index (χ1n) is 6.34. The zero-order chi connectivity index (χ0) is 14.4. The van der Waals surface area contributed by atoms with E-state index in [4.69, 9.17) is 4.74 Å². The minimum Gasteiger partial charge on any atom is -0.496 e. The molecule has 1 heterocycles. The standard InChI is InChI=1S/C14H21NO3S/c1-14(2,3)11-6-7-12(18-4)10-8-9-15(13(10)11)19(5,16)17/h6-7H,8-9H2,1-5H3. The molecule has 0 spiro atoms. The fraction of sp³-hybridized carbons (Fsp3) is 0.571. The number of sulfonamides is 1. The predicted octanol–water partition coefficient (Wildman–Crippen LogP) is 2.31. The van der Waals surface area contributed by atoms with Crippen LogP contribution in [-0.2, 0) is 21.9 Å². The van der Waals surface area contributed by atoms with Gasteiger partial charge in [0, 0.05) is 12.1 Å². The van der Waals surface area contributed by atoms with Crippen molar-refractivity contribution >= 4 is 15.7 Å². The Labute approximate surface area is 115 Å². The van der Waals surface area contributed by atoms with Crippen LogP contribution in [0.5, 0.6) is 5.75 Å². The molecule has 0 atom stereocenters. The van der Waals surface area contributed by atoms with E-state index in [-0.39, 0.29) is 5.41 Å². The zero-order valence-corrected chi connectivity index (χ0v) is 13.0. The van der Waals surface area contributed by atoms with Crippen molar-refractivity contribution in [2.45, 2.75) is 32.6 Å². The van der Waals surface area contributed by atoms with Crippen LogP contribution in [0.1, 0.15) is 31.9 Å². The van der Waals surface area contributed by atoms with Crippen LogP contribution in [0.15, 0.2) is 12.1 Å². The van der Waals surface area contributed by atoms with Gasteiger partial charge in [-0.2, -0.15) is 0 Å². The summed E-state index contributed by atoms with van der Waals surface area (Å²) >= 11 is 0. The molecule has 0 saturated heterocycles. The van der Waals surface area contributed by atoms with Gasteiger partial charge in [0.25, 0.3) is 0 Å². The highest BCUT2D eigenvalue weighted by atomic mass is 32.2. The van der Waals surface area contributed by atoms with Crippen molar-refractivity contribution < 1.29 is 13.2 Å². The van der Waals surface area contributed by atoms with Gasteiger partial charge >= 0.3 is 0 Å².